The summed E-state index contributed by atoms with van der Waals surface area (Å²) < 4.78 is 7.47. The molecule has 0 aliphatic rings. The van der Waals surface area contributed by atoms with Crippen LogP contribution in [-0.4, -0.2) is 24.9 Å². The molecule has 3 heterocycles. The summed E-state index contributed by atoms with van der Waals surface area (Å²) in [5.74, 6) is 1.72. The number of aromatic amines is 1. The van der Waals surface area contributed by atoms with Crippen molar-refractivity contribution in [3.8, 4) is 17.3 Å². The summed E-state index contributed by atoms with van der Waals surface area (Å²) >= 11 is 5.45. The van der Waals surface area contributed by atoms with E-state index in [1.165, 1.54) is 0 Å². The number of nitrogens with zero attached hydrogens (tertiary/aromatic N) is 4. The van der Waals surface area contributed by atoms with Crippen molar-refractivity contribution >= 4 is 12.2 Å². The lowest BCUT2D eigenvalue weighted by Crippen LogP contribution is -1.98. The molecule has 3 rings (SSSR count). The molecule has 96 valence electrons. The van der Waals surface area contributed by atoms with E-state index in [0.29, 0.717) is 16.4 Å². The highest BCUT2D eigenvalue weighted by molar-refractivity contribution is 7.71. The Morgan fingerprint density at radius 2 is 2.16 bits per heavy atom. The van der Waals surface area contributed by atoms with Crippen molar-refractivity contribution in [3.63, 3.8) is 0 Å². The summed E-state index contributed by atoms with van der Waals surface area (Å²) in [4.78, 5) is 8.47. The minimum Gasteiger partial charge on any atom is -0.334 e. The molecule has 0 amide bonds. The second-order valence-corrected chi connectivity index (χ2v) is 4.47. The van der Waals surface area contributed by atoms with E-state index in [1.807, 2.05) is 25.1 Å². The molecule has 0 saturated heterocycles. The zero-order chi connectivity index (χ0) is 13.4. The van der Waals surface area contributed by atoms with Crippen LogP contribution >= 0.6 is 12.2 Å². The summed E-state index contributed by atoms with van der Waals surface area (Å²) in [6, 6.07) is 5.62. The van der Waals surface area contributed by atoms with E-state index >= 15 is 0 Å². The molecular weight excluding hydrogens is 262 g/mol. The van der Waals surface area contributed by atoms with Crippen LogP contribution in [0.15, 0.2) is 28.9 Å². The fraction of sp³-hybridized carbons (Fsp3) is 0.167. The largest absolute Gasteiger partial charge is 0.334 e. The lowest BCUT2D eigenvalue weighted by Gasteiger charge is -1.99. The van der Waals surface area contributed by atoms with Crippen molar-refractivity contribution in [2.24, 2.45) is 0 Å². The van der Waals surface area contributed by atoms with Crippen molar-refractivity contribution in [3.05, 3.63) is 40.6 Å². The average molecular weight is 273 g/mol. The van der Waals surface area contributed by atoms with E-state index in [1.54, 1.807) is 17.8 Å². The van der Waals surface area contributed by atoms with Gasteiger partial charge in [0.1, 0.15) is 4.64 Å². The minimum absolute atomic E-state index is 0.422. The molecule has 0 unspecified atom stereocenters. The lowest BCUT2D eigenvalue weighted by molar-refractivity contribution is 0.425. The van der Waals surface area contributed by atoms with E-state index in [2.05, 4.69) is 20.2 Å². The van der Waals surface area contributed by atoms with Gasteiger partial charge in [0.25, 0.3) is 5.89 Å². The molecule has 0 bridgehead atoms. The number of rotatable bonds is 2. The van der Waals surface area contributed by atoms with Crippen LogP contribution < -0.4 is 0 Å². The molecule has 6 nitrogen and oxygen atoms in total. The van der Waals surface area contributed by atoms with Gasteiger partial charge in [0.2, 0.25) is 0 Å². The van der Waals surface area contributed by atoms with Crippen LogP contribution in [0.25, 0.3) is 17.3 Å². The summed E-state index contributed by atoms with van der Waals surface area (Å²) in [6.07, 6.45) is 1.71. The minimum atomic E-state index is 0.422. The molecular formula is C12H11N5OS. The molecule has 0 fully saturated rings. The van der Waals surface area contributed by atoms with Crippen LogP contribution in [0.2, 0.25) is 0 Å². The highest BCUT2D eigenvalue weighted by Crippen LogP contribution is 2.24. The molecule has 0 spiro atoms. The Kier molecular flexibility index (Phi) is 2.75. The zero-order valence-corrected chi connectivity index (χ0v) is 11.2. The Balaban J connectivity index is 2.19. The quantitative estimate of drug-likeness (QED) is 0.726. The summed E-state index contributed by atoms with van der Waals surface area (Å²) in [5.41, 5.74) is 1.60. The van der Waals surface area contributed by atoms with Gasteiger partial charge in [0, 0.05) is 11.9 Å². The first-order valence-electron chi connectivity index (χ1n) is 5.70. The van der Waals surface area contributed by atoms with Gasteiger partial charge in [-0.25, -0.2) is 9.67 Å². The Morgan fingerprint density at radius 3 is 2.79 bits per heavy atom. The van der Waals surface area contributed by atoms with Crippen LogP contribution in [0.4, 0.5) is 0 Å². The molecule has 3 aromatic rings. The van der Waals surface area contributed by atoms with Gasteiger partial charge in [-0.1, -0.05) is 23.4 Å². The maximum atomic E-state index is 5.45. The van der Waals surface area contributed by atoms with E-state index in [4.69, 9.17) is 16.7 Å². The average Bonchev–Trinajstić information content (AvgIpc) is 2.95. The van der Waals surface area contributed by atoms with E-state index in [-0.39, 0.29) is 0 Å². The van der Waals surface area contributed by atoms with Crippen molar-refractivity contribution in [2.75, 3.05) is 0 Å². The molecule has 0 saturated carbocycles. The van der Waals surface area contributed by atoms with Gasteiger partial charge in [0.05, 0.1) is 5.56 Å². The number of pyridine rings is 1. The van der Waals surface area contributed by atoms with Crippen molar-refractivity contribution < 1.29 is 4.52 Å². The van der Waals surface area contributed by atoms with E-state index < -0.39 is 0 Å². The molecule has 0 radical (unpaired) electrons. The topological polar surface area (TPSA) is 72.5 Å². The summed E-state index contributed by atoms with van der Waals surface area (Å²) in [6.45, 7) is 3.68. The zero-order valence-electron chi connectivity index (χ0n) is 10.4. The number of hydrogen-bond acceptors (Lipinski definition) is 5. The smallest absolute Gasteiger partial charge is 0.262 e. The third-order valence-corrected chi connectivity index (χ3v) is 3.08. The number of hydrogen-bond donors (Lipinski definition) is 1. The van der Waals surface area contributed by atoms with E-state index in [9.17, 15) is 0 Å². The third kappa shape index (κ3) is 1.97. The highest BCUT2D eigenvalue weighted by Gasteiger charge is 2.17. The van der Waals surface area contributed by atoms with Crippen LogP contribution in [-0.2, 0) is 0 Å². The molecule has 0 aromatic carbocycles. The van der Waals surface area contributed by atoms with Gasteiger partial charge >= 0.3 is 0 Å². The predicted molar refractivity (Wildman–Crippen MR) is 71.5 cm³/mol. The van der Waals surface area contributed by atoms with Gasteiger partial charge in [-0.2, -0.15) is 4.98 Å². The maximum Gasteiger partial charge on any atom is 0.262 e. The maximum absolute atomic E-state index is 5.45. The number of H-pyrrole nitrogens is 1. The Hall–Kier alpha value is -2.28. The molecule has 0 aliphatic carbocycles. The number of aryl methyl sites for hydroxylation is 2. The van der Waals surface area contributed by atoms with Crippen LogP contribution in [0.3, 0.4) is 0 Å². The van der Waals surface area contributed by atoms with Crippen LogP contribution in [0.5, 0.6) is 0 Å². The monoisotopic (exact) mass is 273 g/mol. The molecule has 1 N–H and O–H groups in total. The number of nitrogens with one attached hydrogen (secondary N) is 1. The van der Waals surface area contributed by atoms with Crippen molar-refractivity contribution in [1.29, 1.82) is 0 Å². The number of aromatic nitrogens is 5. The van der Waals surface area contributed by atoms with Gasteiger partial charge in [0.15, 0.2) is 11.6 Å². The van der Waals surface area contributed by atoms with Crippen LogP contribution in [0.1, 0.15) is 11.5 Å². The first-order chi connectivity index (χ1) is 9.16. The Morgan fingerprint density at radius 1 is 1.32 bits per heavy atom. The molecule has 19 heavy (non-hydrogen) atoms. The second kappa shape index (κ2) is 4.43. The molecule has 0 atom stereocenters. The van der Waals surface area contributed by atoms with Crippen molar-refractivity contribution in [1.82, 2.24) is 24.9 Å². The predicted octanol–water partition coefficient (Wildman–Crippen LogP) is 2.60. The van der Waals surface area contributed by atoms with Gasteiger partial charge in [-0.3, -0.25) is 5.10 Å². The Bertz CT molecular complexity index is 771. The van der Waals surface area contributed by atoms with Gasteiger partial charge < -0.3 is 4.52 Å². The Labute approximate surface area is 114 Å². The summed E-state index contributed by atoms with van der Waals surface area (Å²) in [7, 11) is 0. The highest BCUT2D eigenvalue weighted by atomic mass is 32.1. The molecule has 0 aliphatic heterocycles. The van der Waals surface area contributed by atoms with Gasteiger partial charge in [-0.05, 0) is 26.0 Å². The first-order valence-corrected chi connectivity index (χ1v) is 6.11. The normalized spacial score (nSPS) is 10.8. The molecule has 3 aromatic heterocycles. The van der Waals surface area contributed by atoms with Crippen molar-refractivity contribution in [2.45, 2.75) is 13.8 Å². The molecule has 7 heteroatoms. The third-order valence-electron chi connectivity index (χ3n) is 2.69. The van der Waals surface area contributed by atoms with E-state index in [0.717, 1.165) is 17.1 Å². The standard InChI is InChI=1S/C12H11N5OS/c1-7-10(11-14-8(2)16-18-11)12(19)17(15-7)9-5-3-4-6-13-9/h3-6,15H,1-2H3. The SMILES string of the molecule is Cc1noc(-c2c(C)[nH]n(-c3ccccn3)c2=S)n1. The summed E-state index contributed by atoms with van der Waals surface area (Å²) in [5, 5.41) is 6.95. The lowest BCUT2D eigenvalue weighted by atomic mass is 10.3. The first kappa shape index (κ1) is 11.8. The van der Waals surface area contributed by atoms with Crippen LogP contribution in [0, 0.1) is 18.5 Å². The van der Waals surface area contributed by atoms with Gasteiger partial charge in [-0.15, -0.1) is 0 Å². The fourth-order valence-electron chi connectivity index (χ4n) is 1.84. The fourth-order valence-corrected chi connectivity index (χ4v) is 2.22. The second-order valence-electron chi connectivity index (χ2n) is 4.09.